The molecule has 94 valence electrons. The maximum absolute atomic E-state index is 5.71. The van der Waals surface area contributed by atoms with Gasteiger partial charge in [0.1, 0.15) is 0 Å². The van der Waals surface area contributed by atoms with Crippen LogP contribution in [0.2, 0.25) is 0 Å². The van der Waals surface area contributed by atoms with Gasteiger partial charge < -0.3 is 10.1 Å². The maximum atomic E-state index is 5.71. The van der Waals surface area contributed by atoms with Crippen molar-refractivity contribution in [3.8, 4) is 0 Å². The second-order valence-corrected chi connectivity index (χ2v) is 4.92. The molecule has 0 amide bonds. The van der Waals surface area contributed by atoms with Gasteiger partial charge in [-0.25, -0.2) is 4.68 Å². The summed E-state index contributed by atoms with van der Waals surface area (Å²) >= 11 is 0. The zero-order valence-electron chi connectivity index (χ0n) is 10.0. The Morgan fingerprint density at radius 1 is 1.29 bits per heavy atom. The Kier molecular flexibility index (Phi) is 3.33. The first-order valence-electron chi connectivity index (χ1n) is 6.52. The van der Waals surface area contributed by atoms with Crippen molar-refractivity contribution < 1.29 is 4.74 Å². The van der Waals surface area contributed by atoms with Gasteiger partial charge in [-0.15, -0.1) is 5.10 Å². The van der Waals surface area contributed by atoms with E-state index in [0.717, 1.165) is 31.9 Å². The lowest BCUT2D eigenvalue weighted by Crippen LogP contribution is -2.27. The molecule has 0 spiro atoms. The van der Waals surface area contributed by atoms with Crippen LogP contribution in [0.3, 0.4) is 0 Å². The third kappa shape index (κ3) is 3.01. The zero-order valence-corrected chi connectivity index (χ0v) is 10.0. The molecule has 1 aromatic rings. The molecule has 1 unspecified atom stereocenters. The first-order chi connectivity index (χ1) is 8.42. The molecule has 17 heavy (non-hydrogen) atoms. The molecule has 1 aliphatic heterocycles. The van der Waals surface area contributed by atoms with Crippen molar-refractivity contribution in [1.82, 2.24) is 25.5 Å². The second kappa shape index (κ2) is 5.10. The van der Waals surface area contributed by atoms with Gasteiger partial charge in [0.2, 0.25) is 0 Å². The third-order valence-electron chi connectivity index (χ3n) is 3.38. The molecule has 1 atom stereocenters. The highest BCUT2D eigenvalue weighted by Crippen LogP contribution is 2.19. The third-order valence-corrected chi connectivity index (χ3v) is 3.38. The first kappa shape index (κ1) is 11.1. The summed E-state index contributed by atoms with van der Waals surface area (Å²) < 4.78 is 7.59. The van der Waals surface area contributed by atoms with Crippen molar-refractivity contribution in [3.63, 3.8) is 0 Å². The van der Waals surface area contributed by atoms with E-state index >= 15 is 0 Å². The van der Waals surface area contributed by atoms with Crippen molar-refractivity contribution in [2.24, 2.45) is 0 Å². The van der Waals surface area contributed by atoms with Crippen molar-refractivity contribution >= 4 is 0 Å². The SMILES string of the molecule is C1CCC(Cn2nnnc2CNC2CC2)OC1. The minimum absolute atomic E-state index is 0.284. The number of hydrogen-bond donors (Lipinski definition) is 1. The van der Waals surface area contributed by atoms with Gasteiger partial charge in [-0.3, -0.25) is 0 Å². The van der Waals surface area contributed by atoms with E-state index < -0.39 is 0 Å². The summed E-state index contributed by atoms with van der Waals surface area (Å²) in [6, 6.07) is 0.686. The molecule has 2 aliphatic rings. The maximum Gasteiger partial charge on any atom is 0.165 e. The monoisotopic (exact) mass is 237 g/mol. The summed E-state index contributed by atoms with van der Waals surface area (Å²) in [5, 5.41) is 15.3. The fourth-order valence-corrected chi connectivity index (χ4v) is 2.16. The molecule has 3 rings (SSSR count). The van der Waals surface area contributed by atoms with Crippen LogP contribution in [-0.4, -0.2) is 39.0 Å². The van der Waals surface area contributed by atoms with Gasteiger partial charge in [0, 0.05) is 12.6 Å². The fraction of sp³-hybridized carbons (Fsp3) is 0.909. The van der Waals surface area contributed by atoms with Gasteiger partial charge in [0.25, 0.3) is 0 Å². The quantitative estimate of drug-likeness (QED) is 0.807. The smallest absolute Gasteiger partial charge is 0.165 e. The average molecular weight is 237 g/mol. The molecule has 2 fully saturated rings. The second-order valence-electron chi connectivity index (χ2n) is 4.92. The number of ether oxygens (including phenoxy) is 1. The molecule has 6 heteroatoms. The Labute approximate surface area is 101 Å². The van der Waals surface area contributed by atoms with Gasteiger partial charge >= 0.3 is 0 Å². The van der Waals surface area contributed by atoms with Crippen LogP contribution in [0.5, 0.6) is 0 Å². The number of rotatable bonds is 5. The van der Waals surface area contributed by atoms with Gasteiger partial charge in [-0.1, -0.05) is 0 Å². The van der Waals surface area contributed by atoms with Crippen LogP contribution in [-0.2, 0) is 17.8 Å². The summed E-state index contributed by atoms with van der Waals surface area (Å²) in [4.78, 5) is 0. The van der Waals surface area contributed by atoms with E-state index in [-0.39, 0.29) is 6.10 Å². The van der Waals surface area contributed by atoms with E-state index in [2.05, 4.69) is 20.8 Å². The first-order valence-corrected chi connectivity index (χ1v) is 6.52. The van der Waals surface area contributed by atoms with Crippen LogP contribution >= 0.6 is 0 Å². The van der Waals surface area contributed by atoms with Crippen LogP contribution in [0, 0.1) is 0 Å². The fourth-order valence-electron chi connectivity index (χ4n) is 2.16. The number of hydrogen-bond acceptors (Lipinski definition) is 5. The molecule has 1 aliphatic carbocycles. The molecule has 1 N–H and O–H groups in total. The van der Waals surface area contributed by atoms with E-state index in [0.29, 0.717) is 6.04 Å². The highest BCUT2D eigenvalue weighted by atomic mass is 16.5. The highest BCUT2D eigenvalue weighted by molar-refractivity contribution is 4.87. The standard InChI is InChI=1S/C11H19N5O/c1-2-6-17-10(3-1)8-16-11(13-14-15-16)7-12-9-4-5-9/h9-10,12H,1-8H2. The zero-order chi connectivity index (χ0) is 11.5. The summed E-state index contributed by atoms with van der Waals surface area (Å²) in [6.07, 6.45) is 6.41. The largest absolute Gasteiger partial charge is 0.376 e. The highest BCUT2D eigenvalue weighted by Gasteiger charge is 2.22. The van der Waals surface area contributed by atoms with E-state index in [1.807, 2.05) is 4.68 Å². The molecular formula is C11H19N5O. The summed E-state index contributed by atoms with van der Waals surface area (Å²) in [7, 11) is 0. The predicted molar refractivity (Wildman–Crippen MR) is 61.3 cm³/mol. The molecule has 1 saturated carbocycles. The van der Waals surface area contributed by atoms with Crippen molar-refractivity contribution in [1.29, 1.82) is 0 Å². The predicted octanol–water partition coefficient (Wildman–Crippen LogP) is 0.494. The van der Waals surface area contributed by atoms with Crippen LogP contribution in [0.25, 0.3) is 0 Å². The average Bonchev–Trinajstić information content (AvgIpc) is 3.09. The minimum atomic E-state index is 0.284. The minimum Gasteiger partial charge on any atom is -0.376 e. The van der Waals surface area contributed by atoms with Crippen LogP contribution in [0.15, 0.2) is 0 Å². The topological polar surface area (TPSA) is 64.9 Å². The Balaban J connectivity index is 1.55. The van der Waals surface area contributed by atoms with E-state index in [9.17, 15) is 0 Å². The van der Waals surface area contributed by atoms with Crippen LogP contribution in [0.4, 0.5) is 0 Å². The van der Waals surface area contributed by atoms with Crippen molar-refractivity contribution in [2.45, 2.75) is 57.3 Å². The number of nitrogens with zero attached hydrogens (tertiary/aromatic N) is 4. The van der Waals surface area contributed by atoms with Crippen molar-refractivity contribution in [2.75, 3.05) is 6.61 Å². The summed E-state index contributed by atoms with van der Waals surface area (Å²) in [5.74, 6) is 0.922. The lowest BCUT2D eigenvalue weighted by Gasteiger charge is -2.22. The van der Waals surface area contributed by atoms with Gasteiger partial charge in [-0.05, 0) is 42.5 Å². The molecule has 0 aromatic carbocycles. The Bertz CT molecular complexity index is 356. The number of tetrazole rings is 1. The van der Waals surface area contributed by atoms with E-state index in [1.54, 1.807) is 0 Å². The van der Waals surface area contributed by atoms with Gasteiger partial charge in [0.05, 0.1) is 19.2 Å². The van der Waals surface area contributed by atoms with Crippen LogP contribution in [0.1, 0.15) is 37.9 Å². The Morgan fingerprint density at radius 2 is 2.24 bits per heavy atom. The Hall–Kier alpha value is -1.01. The molecule has 6 nitrogen and oxygen atoms in total. The molecular weight excluding hydrogens is 218 g/mol. The number of aromatic nitrogens is 4. The summed E-state index contributed by atoms with van der Waals surface area (Å²) in [6.45, 7) is 2.43. The lowest BCUT2D eigenvalue weighted by molar-refractivity contribution is 0.00313. The molecule has 1 saturated heterocycles. The van der Waals surface area contributed by atoms with Crippen LogP contribution < -0.4 is 5.32 Å². The van der Waals surface area contributed by atoms with Crippen molar-refractivity contribution in [3.05, 3.63) is 5.82 Å². The van der Waals surface area contributed by atoms with Gasteiger partial charge in [0.15, 0.2) is 5.82 Å². The van der Waals surface area contributed by atoms with Gasteiger partial charge in [-0.2, -0.15) is 0 Å². The lowest BCUT2D eigenvalue weighted by atomic mass is 10.1. The molecule has 0 bridgehead atoms. The van der Waals surface area contributed by atoms with E-state index in [4.69, 9.17) is 4.74 Å². The normalized spacial score (nSPS) is 25.1. The van der Waals surface area contributed by atoms with E-state index in [1.165, 1.54) is 25.7 Å². The molecule has 1 aromatic heterocycles. The number of nitrogens with one attached hydrogen (secondary N) is 1. The molecule has 2 heterocycles. The Morgan fingerprint density at radius 3 is 3.00 bits per heavy atom. The summed E-state index contributed by atoms with van der Waals surface area (Å²) in [5.41, 5.74) is 0. The molecule has 0 radical (unpaired) electrons.